The van der Waals surface area contributed by atoms with Crippen LogP contribution in [0.25, 0.3) is 21.1 Å². The normalized spacial score (nSPS) is 14.1. The van der Waals surface area contributed by atoms with Crippen molar-refractivity contribution in [2.75, 3.05) is 11.1 Å². The van der Waals surface area contributed by atoms with E-state index in [0.29, 0.717) is 5.75 Å². The Morgan fingerprint density at radius 1 is 1.08 bits per heavy atom. The van der Waals surface area contributed by atoms with Gasteiger partial charge in [0.15, 0.2) is 8.68 Å². The van der Waals surface area contributed by atoms with Crippen molar-refractivity contribution in [1.82, 2.24) is 19.7 Å². The van der Waals surface area contributed by atoms with E-state index < -0.39 is 0 Å². The van der Waals surface area contributed by atoms with E-state index in [9.17, 15) is 9.59 Å². The molecule has 0 bridgehead atoms. The molecule has 11 heteroatoms. The highest BCUT2D eigenvalue weighted by Crippen LogP contribution is 2.35. The van der Waals surface area contributed by atoms with Gasteiger partial charge in [0.2, 0.25) is 11.8 Å². The van der Waals surface area contributed by atoms with Gasteiger partial charge in [0, 0.05) is 16.8 Å². The Balaban J connectivity index is 1.14. The first-order chi connectivity index (χ1) is 18.5. The molecule has 0 spiro atoms. The molecular weight excluding hydrogens is 555 g/mol. The molecule has 38 heavy (non-hydrogen) atoms. The molecular formula is C27H25N5O2S4. The number of amides is 1. The van der Waals surface area contributed by atoms with Crippen LogP contribution in [0.2, 0.25) is 0 Å². The summed E-state index contributed by atoms with van der Waals surface area (Å²) in [5.74, 6) is 0.335. The second-order valence-electron chi connectivity index (χ2n) is 9.17. The number of aromatic nitrogens is 4. The average molecular weight is 580 g/mol. The molecule has 1 N–H and O–H groups in total. The summed E-state index contributed by atoms with van der Waals surface area (Å²) in [4.78, 5) is 30.9. The number of thiazole rings is 1. The maximum absolute atomic E-state index is 13.4. The monoisotopic (exact) mass is 579 g/mol. The Labute approximate surface area is 236 Å². The molecule has 1 aliphatic carbocycles. The second kappa shape index (κ2) is 10.8. The van der Waals surface area contributed by atoms with E-state index >= 15 is 0 Å². The fourth-order valence-electron chi connectivity index (χ4n) is 4.79. The highest BCUT2D eigenvalue weighted by Gasteiger charge is 2.23. The summed E-state index contributed by atoms with van der Waals surface area (Å²) >= 11 is 5.90. The van der Waals surface area contributed by atoms with Crippen LogP contribution >= 0.6 is 46.2 Å². The molecule has 0 fully saturated rings. The topological polar surface area (TPSA) is 89.8 Å². The minimum absolute atomic E-state index is 0.0887. The molecule has 1 aliphatic rings. The quantitative estimate of drug-likeness (QED) is 0.211. The van der Waals surface area contributed by atoms with Crippen LogP contribution in [0.15, 0.2) is 51.1 Å². The van der Waals surface area contributed by atoms with E-state index in [4.69, 9.17) is 4.98 Å². The lowest BCUT2D eigenvalue weighted by molar-refractivity contribution is -0.115. The molecule has 3 heterocycles. The smallest absolute Gasteiger partial charge is 0.241 e. The van der Waals surface area contributed by atoms with Gasteiger partial charge in [0.25, 0.3) is 0 Å². The summed E-state index contributed by atoms with van der Waals surface area (Å²) in [6.07, 6.45) is 4.30. The van der Waals surface area contributed by atoms with E-state index in [0.717, 1.165) is 54.4 Å². The fourth-order valence-corrected chi connectivity index (χ4v) is 8.70. The van der Waals surface area contributed by atoms with Gasteiger partial charge in [-0.05, 0) is 69.4 Å². The first kappa shape index (κ1) is 25.5. The fraction of sp³-hybridized carbons (Fsp3) is 0.296. The molecule has 0 saturated carbocycles. The van der Waals surface area contributed by atoms with Crippen molar-refractivity contribution >= 4 is 84.8 Å². The van der Waals surface area contributed by atoms with Crippen molar-refractivity contribution in [2.45, 2.75) is 53.5 Å². The Morgan fingerprint density at radius 3 is 2.76 bits per heavy atom. The van der Waals surface area contributed by atoms with E-state index in [-0.39, 0.29) is 17.1 Å². The van der Waals surface area contributed by atoms with Crippen LogP contribution in [-0.4, -0.2) is 42.6 Å². The molecule has 194 valence electrons. The van der Waals surface area contributed by atoms with Crippen LogP contribution in [-0.2, 0) is 17.6 Å². The molecule has 1 amide bonds. The van der Waals surface area contributed by atoms with Crippen molar-refractivity contribution < 1.29 is 9.59 Å². The summed E-state index contributed by atoms with van der Waals surface area (Å²) in [6.45, 7) is 3.76. The zero-order valence-electron chi connectivity index (χ0n) is 20.9. The van der Waals surface area contributed by atoms with Crippen LogP contribution in [0.4, 0.5) is 5.69 Å². The van der Waals surface area contributed by atoms with Crippen LogP contribution in [0, 0.1) is 6.92 Å². The van der Waals surface area contributed by atoms with Gasteiger partial charge in [0.1, 0.15) is 5.01 Å². The Bertz CT molecular complexity index is 1670. The van der Waals surface area contributed by atoms with E-state index in [1.54, 1.807) is 11.3 Å². The second-order valence-corrected chi connectivity index (χ2v) is 14.2. The Morgan fingerprint density at radius 2 is 1.92 bits per heavy atom. The summed E-state index contributed by atoms with van der Waals surface area (Å²) in [6, 6.07) is 14.0. The summed E-state index contributed by atoms with van der Waals surface area (Å²) in [5.41, 5.74) is 5.12. The van der Waals surface area contributed by atoms with Gasteiger partial charge >= 0.3 is 0 Å². The van der Waals surface area contributed by atoms with Crippen LogP contribution < -0.4 is 5.32 Å². The lowest BCUT2D eigenvalue weighted by Gasteiger charge is -2.14. The maximum atomic E-state index is 13.4. The van der Waals surface area contributed by atoms with Gasteiger partial charge in [-0.1, -0.05) is 53.1 Å². The number of fused-ring (bicyclic) bond motifs is 4. The predicted octanol–water partition coefficient (Wildman–Crippen LogP) is 6.84. The van der Waals surface area contributed by atoms with Gasteiger partial charge in [-0.2, -0.15) is 0 Å². The lowest BCUT2D eigenvalue weighted by Crippen LogP contribution is -2.22. The third-order valence-electron chi connectivity index (χ3n) is 6.54. The number of aryl methyl sites for hydroxylation is 2. The third kappa shape index (κ3) is 5.12. The SMILES string of the molecule is Cc1nnc(S[C@@H](C)C(=O)Nc2ccc3nc(SCC(=O)n4c5c(c6ccccc64)CCCC5)sc3c2)s1. The first-order valence-corrected chi connectivity index (χ1v) is 15.9. The van der Waals surface area contributed by atoms with Crippen molar-refractivity contribution in [1.29, 1.82) is 0 Å². The number of carbonyl (C=O) groups is 2. The number of hydrogen-bond donors (Lipinski definition) is 1. The molecule has 3 aromatic heterocycles. The van der Waals surface area contributed by atoms with Crippen LogP contribution in [0.3, 0.4) is 0 Å². The number of thioether (sulfide) groups is 2. The Hall–Kier alpha value is -2.73. The third-order valence-corrected chi connectivity index (χ3v) is 10.7. The molecule has 1 atom stereocenters. The van der Waals surface area contributed by atoms with E-state index in [2.05, 4.69) is 33.7 Å². The highest BCUT2D eigenvalue weighted by atomic mass is 32.2. The van der Waals surface area contributed by atoms with Crippen LogP contribution in [0.1, 0.15) is 40.8 Å². The molecule has 6 rings (SSSR count). The number of benzene rings is 2. The molecule has 0 aliphatic heterocycles. The number of rotatable bonds is 7. The van der Waals surface area contributed by atoms with Gasteiger partial charge < -0.3 is 5.32 Å². The summed E-state index contributed by atoms with van der Waals surface area (Å²) in [7, 11) is 0. The number of nitrogens with zero attached hydrogens (tertiary/aromatic N) is 4. The van der Waals surface area contributed by atoms with Gasteiger partial charge in [0.05, 0.1) is 26.7 Å². The Kier molecular flexibility index (Phi) is 7.26. The molecule has 5 aromatic rings. The highest BCUT2D eigenvalue weighted by molar-refractivity contribution is 8.02. The number of carbonyl (C=O) groups excluding carboxylic acids is 2. The van der Waals surface area contributed by atoms with Crippen molar-refractivity contribution in [2.24, 2.45) is 0 Å². The minimum Gasteiger partial charge on any atom is -0.325 e. The lowest BCUT2D eigenvalue weighted by atomic mass is 9.96. The van der Waals surface area contributed by atoms with Crippen molar-refractivity contribution in [3.8, 4) is 0 Å². The van der Waals surface area contributed by atoms with Gasteiger partial charge in [-0.25, -0.2) is 4.98 Å². The molecule has 7 nitrogen and oxygen atoms in total. The number of anilines is 1. The van der Waals surface area contributed by atoms with E-state index in [1.165, 1.54) is 57.9 Å². The number of nitrogens with one attached hydrogen (secondary N) is 1. The minimum atomic E-state index is -0.299. The molecule has 0 radical (unpaired) electrons. The predicted molar refractivity (Wildman–Crippen MR) is 158 cm³/mol. The maximum Gasteiger partial charge on any atom is 0.241 e. The zero-order chi connectivity index (χ0) is 26.2. The first-order valence-electron chi connectivity index (χ1n) is 12.4. The van der Waals surface area contributed by atoms with Gasteiger partial charge in [-0.15, -0.1) is 21.5 Å². The van der Waals surface area contributed by atoms with Crippen molar-refractivity contribution in [3.05, 3.63) is 58.7 Å². The van der Waals surface area contributed by atoms with Crippen LogP contribution in [0.5, 0.6) is 0 Å². The molecule has 0 unspecified atom stereocenters. The van der Waals surface area contributed by atoms with Gasteiger partial charge in [-0.3, -0.25) is 14.2 Å². The summed E-state index contributed by atoms with van der Waals surface area (Å²) in [5, 5.41) is 12.9. The zero-order valence-corrected chi connectivity index (χ0v) is 24.2. The largest absolute Gasteiger partial charge is 0.325 e. The number of para-hydroxylation sites is 1. The number of hydrogen-bond acceptors (Lipinski definition) is 9. The molecule has 0 saturated heterocycles. The van der Waals surface area contributed by atoms with E-state index in [1.807, 2.05) is 42.7 Å². The standard InChI is InChI=1S/C27H25N5O2S4/c1-15(36-27-31-30-16(2)37-27)25(34)28-17-11-12-20-23(13-17)38-26(29-20)35-14-24(33)32-21-9-5-3-7-18(21)19-8-4-6-10-22(19)32/h3,5,7,9,11-13,15H,4,6,8,10,14H2,1-2H3,(H,28,34)/t15-/m0/s1. The molecule has 2 aromatic carbocycles. The summed E-state index contributed by atoms with van der Waals surface area (Å²) < 4.78 is 4.55. The van der Waals surface area contributed by atoms with Crippen molar-refractivity contribution in [3.63, 3.8) is 0 Å². The average Bonchev–Trinajstić information content (AvgIpc) is 3.61.